The Labute approximate surface area is 248 Å². The molecule has 3 N–H and O–H groups in total. The number of thiophene rings is 1. The Bertz CT molecular complexity index is 1290. The lowest BCUT2D eigenvalue weighted by atomic mass is 9.90. The first-order valence-electron chi connectivity index (χ1n) is 14.3. The van der Waals surface area contributed by atoms with E-state index in [4.69, 9.17) is 10.5 Å². The second-order valence-electron chi connectivity index (χ2n) is 11.1. The second-order valence-corrected chi connectivity index (χ2v) is 12.1. The van der Waals surface area contributed by atoms with Crippen LogP contribution in [0.2, 0.25) is 0 Å². The molecule has 8 nitrogen and oxygen atoms in total. The van der Waals surface area contributed by atoms with Gasteiger partial charge in [0.05, 0.1) is 23.4 Å². The number of nitrogens with zero attached hydrogens (tertiary/aromatic N) is 3. The molecule has 3 aromatic rings. The van der Waals surface area contributed by atoms with Crippen LogP contribution in [0.5, 0.6) is 0 Å². The van der Waals surface area contributed by atoms with Gasteiger partial charge in [-0.3, -0.25) is 10.1 Å². The van der Waals surface area contributed by atoms with Crippen LogP contribution in [0.1, 0.15) is 47.3 Å². The minimum atomic E-state index is -0.506. The van der Waals surface area contributed by atoms with Crippen LogP contribution in [-0.4, -0.2) is 75.2 Å². The predicted molar refractivity (Wildman–Crippen MR) is 169 cm³/mol. The van der Waals surface area contributed by atoms with Crippen molar-refractivity contribution in [2.24, 2.45) is 5.73 Å². The molecular formula is C32H43N5O3S. The van der Waals surface area contributed by atoms with Crippen LogP contribution in [0, 0.1) is 0 Å². The second kappa shape index (κ2) is 14.5. The van der Waals surface area contributed by atoms with Crippen molar-refractivity contribution < 1.29 is 14.3 Å². The molecule has 1 aliphatic carbocycles. The first kappa shape index (κ1) is 30.6. The average Bonchev–Trinajstić information content (AvgIpc) is 3.51. The van der Waals surface area contributed by atoms with Gasteiger partial charge in [-0.05, 0) is 99.1 Å². The van der Waals surface area contributed by atoms with Crippen LogP contribution < -0.4 is 16.0 Å². The van der Waals surface area contributed by atoms with E-state index in [1.54, 1.807) is 0 Å². The summed E-state index contributed by atoms with van der Waals surface area (Å²) >= 11 is 1.49. The minimum Gasteiger partial charge on any atom is -0.453 e. The number of methoxy groups -OCH3 is 1. The minimum absolute atomic E-state index is 0.0806. The van der Waals surface area contributed by atoms with Gasteiger partial charge in [0, 0.05) is 32.2 Å². The van der Waals surface area contributed by atoms with Crippen LogP contribution in [0.3, 0.4) is 0 Å². The fourth-order valence-corrected chi connectivity index (χ4v) is 6.10. The topological polar surface area (TPSA) is 91.1 Å². The number of amides is 2. The van der Waals surface area contributed by atoms with Gasteiger partial charge in [0.25, 0.3) is 5.91 Å². The van der Waals surface area contributed by atoms with Crippen molar-refractivity contribution in [2.75, 3.05) is 51.6 Å². The number of rotatable bonds is 11. The van der Waals surface area contributed by atoms with Crippen molar-refractivity contribution in [1.82, 2.24) is 9.80 Å². The Hall–Kier alpha value is -3.40. The highest BCUT2D eigenvalue weighted by atomic mass is 32.1. The summed E-state index contributed by atoms with van der Waals surface area (Å²) in [6, 6.07) is 18.6. The molecular weight excluding hydrogens is 534 g/mol. The molecule has 0 bridgehead atoms. The summed E-state index contributed by atoms with van der Waals surface area (Å²) < 4.78 is 4.91. The third-order valence-electron chi connectivity index (χ3n) is 7.72. The highest BCUT2D eigenvalue weighted by molar-refractivity contribution is 7.12. The summed E-state index contributed by atoms with van der Waals surface area (Å²) in [7, 11) is 7.53. The quantitative estimate of drug-likeness (QED) is 0.295. The molecule has 0 unspecified atom stereocenters. The van der Waals surface area contributed by atoms with Gasteiger partial charge >= 0.3 is 6.09 Å². The molecule has 0 aliphatic heterocycles. The molecule has 220 valence electrons. The third kappa shape index (κ3) is 8.31. The van der Waals surface area contributed by atoms with Crippen molar-refractivity contribution in [1.29, 1.82) is 0 Å². The van der Waals surface area contributed by atoms with Crippen molar-refractivity contribution in [2.45, 2.75) is 50.7 Å². The predicted octanol–water partition coefficient (Wildman–Crippen LogP) is 5.89. The molecule has 0 atom stereocenters. The number of hydrogen-bond acceptors (Lipinski definition) is 7. The Kier molecular flexibility index (Phi) is 10.8. The van der Waals surface area contributed by atoms with Crippen LogP contribution >= 0.6 is 11.3 Å². The van der Waals surface area contributed by atoms with Gasteiger partial charge in [0.15, 0.2) is 0 Å². The van der Waals surface area contributed by atoms with Gasteiger partial charge in [0.1, 0.15) is 0 Å². The molecule has 41 heavy (non-hydrogen) atoms. The van der Waals surface area contributed by atoms with Gasteiger partial charge in [-0.25, -0.2) is 4.79 Å². The molecule has 0 saturated heterocycles. The molecule has 0 radical (unpaired) electrons. The molecule has 1 fully saturated rings. The van der Waals surface area contributed by atoms with E-state index in [1.807, 2.05) is 47.7 Å². The van der Waals surface area contributed by atoms with E-state index in [1.165, 1.54) is 18.4 Å². The van der Waals surface area contributed by atoms with Crippen LogP contribution in [0.4, 0.5) is 16.2 Å². The maximum absolute atomic E-state index is 13.6. The Morgan fingerprint density at radius 3 is 2.41 bits per heavy atom. The normalized spacial score (nSPS) is 16.8. The van der Waals surface area contributed by atoms with Gasteiger partial charge in [0.2, 0.25) is 0 Å². The van der Waals surface area contributed by atoms with Crippen LogP contribution in [0.25, 0.3) is 11.1 Å². The van der Waals surface area contributed by atoms with Crippen LogP contribution in [-0.2, 0) is 11.3 Å². The van der Waals surface area contributed by atoms with Crippen molar-refractivity contribution in [3.05, 3.63) is 70.4 Å². The van der Waals surface area contributed by atoms with E-state index in [9.17, 15) is 9.59 Å². The lowest BCUT2D eigenvalue weighted by molar-refractivity contribution is 0.0611. The molecule has 1 heterocycles. The SMILES string of the molecule is COC(=O)Nc1cc(-c2cccc(CN(C(=O)c3cccs3)C3CCC(N)CC3)c2)ccc1N(C)CCCN(C)C. The highest BCUT2D eigenvalue weighted by Gasteiger charge is 2.29. The monoisotopic (exact) mass is 577 g/mol. The number of hydrogen-bond donors (Lipinski definition) is 2. The molecule has 1 aromatic heterocycles. The van der Waals surface area contributed by atoms with Gasteiger partial charge in [-0.2, -0.15) is 0 Å². The van der Waals surface area contributed by atoms with E-state index in [-0.39, 0.29) is 18.0 Å². The maximum atomic E-state index is 13.6. The summed E-state index contributed by atoms with van der Waals surface area (Å²) in [6.45, 7) is 2.36. The van der Waals surface area contributed by atoms with Crippen LogP contribution in [0.15, 0.2) is 60.0 Å². The molecule has 0 spiro atoms. The first-order chi connectivity index (χ1) is 19.7. The molecule has 1 aliphatic rings. The van der Waals surface area contributed by atoms with Gasteiger partial charge in [-0.15, -0.1) is 11.3 Å². The number of nitrogens with two attached hydrogens (primary N) is 1. The summed E-state index contributed by atoms with van der Waals surface area (Å²) in [5.41, 5.74) is 10.9. The Morgan fingerprint density at radius 1 is 0.976 bits per heavy atom. The van der Waals surface area contributed by atoms with E-state index < -0.39 is 6.09 Å². The lowest BCUT2D eigenvalue weighted by Gasteiger charge is -2.36. The van der Waals surface area contributed by atoms with E-state index in [0.717, 1.165) is 72.4 Å². The zero-order chi connectivity index (χ0) is 29.4. The fourth-order valence-electron chi connectivity index (χ4n) is 5.42. The molecule has 9 heteroatoms. The van der Waals surface area contributed by atoms with Crippen molar-refractivity contribution >= 4 is 34.7 Å². The number of ether oxygens (including phenoxy) is 1. The van der Waals surface area contributed by atoms with Crippen molar-refractivity contribution in [3.63, 3.8) is 0 Å². The zero-order valence-corrected chi connectivity index (χ0v) is 25.5. The average molecular weight is 578 g/mol. The molecule has 4 rings (SSSR count). The fraction of sp³-hybridized carbons (Fsp3) is 0.438. The largest absolute Gasteiger partial charge is 0.453 e. The standard InChI is InChI=1S/C32H43N5O3S/c1-35(2)17-7-18-36(3)29-16-11-25(21-28(29)34-32(39)40-4)24-9-5-8-23(20-24)22-37(27-14-12-26(33)13-15-27)31(38)30-10-6-19-41-30/h5-6,8-11,16,19-21,26-27H,7,12-15,17-18,22,33H2,1-4H3,(H,34,39). The van der Waals surface area contributed by atoms with Gasteiger partial charge < -0.3 is 25.2 Å². The summed E-state index contributed by atoms with van der Waals surface area (Å²) in [6.07, 6.45) is 4.20. The number of carbonyl (C=O) groups is 2. The van der Waals surface area contributed by atoms with Gasteiger partial charge in [-0.1, -0.05) is 30.3 Å². The first-order valence-corrected chi connectivity index (χ1v) is 15.2. The van der Waals surface area contributed by atoms with E-state index in [0.29, 0.717) is 12.2 Å². The molecule has 2 amide bonds. The lowest BCUT2D eigenvalue weighted by Crippen LogP contribution is -2.43. The number of carbonyl (C=O) groups excluding carboxylic acids is 2. The number of anilines is 2. The summed E-state index contributed by atoms with van der Waals surface area (Å²) in [4.78, 5) is 32.9. The number of benzene rings is 2. The zero-order valence-electron chi connectivity index (χ0n) is 24.6. The summed E-state index contributed by atoms with van der Waals surface area (Å²) in [5, 5.41) is 4.85. The van der Waals surface area contributed by atoms with Crippen molar-refractivity contribution in [3.8, 4) is 11.1 Å². The van der Waals surface area contributed by atoms with E-state index >= 15 is 0 Å². The Morgan fingerprint density at radius 2 is 1.73 bits per heavy atom. The number of nitrogens with one attached hydrogen (secondary N) is 1. The summed E-state index contributed by atoms with van der Waals surface area (Å²) in [5.74, 6) is 0.0806. The smallest absolute Gasteiger partial charge is 0.411 e. The maximum Gasteiger partial charge on any atom is 0.411 e. The highest BCUT2D eigenvalue weighted by Crippen LogP contribution is 2.33. The molecule has 2 aromatic carbocycles. The van der Waals surface area contributed by atoms with E-state index in [2.05, 4.69) is 53.5 Å². The molecule has 1 saturated carbocycles. The third-order valence-corrected chi connectivity index (χ3v) is 8.57. The Balaban J connectivity index is 1.59.